The summed E-state index contributed by atoms with van der Waals surface area (Å²) in [6, 6.07) is 16.4. The molecule has 2 amide bonds. The Balaban J connectivity index is 1.43. The molecular weight excluding hydrogens is 332 g/mol. The normalized spacial score (nSPS) is 11.7. The fourth-order valence-electron chi connectivity index (χ4n) is 2.43. The minimum absolute atomic E-state index is 0.123. The number of hydrogen-bond acceptors (Lipinski definition) is 4. The van der Waals surface area contributed by atoms with Gasteiger partial charge in [-0.15, -0.1) is 0 Å². The molecule has 7 nitrogen and oxygen atoms in total. The van der Waals surface area contributed by atoms with Crippen LogP contribution in [0.3, 0.4) is 0 Å². The van der Waals surface area contributed by atoms with Crippen LogP contribution >= 0.6 is 0 Å². The van der Waals surface area contributed by atoms with Crippen LogP contribution in [-0.4, -0.2) is 34.9 Å². The van der Waals surface area contributed by atoms with Crippen LogP contribution in [0.2, 0.25) is 0 Å². The molecule has 0 aliphatic rings. The van der Waals surface area contributed by atoms with Crippen molar-refractivity contribution in [2.45, 2.75) is 13.0 Å². The first-order valence-corrected chi connectivity index (χ1v) is 8.30. The van der Waals surface area contributed by atoms with Crippen LogP contribution in [-0.2, 0) is 9.59 Å². The number of benzene rings is 2. The smallest absolute Gasteiger partial charge is 0.258 e. The first-order valence-electron chi connectivity index (χ1n) is 8.30. The van der Waals surface area contributed by atoms with E-state index in [9.17, 15) is 9.59 Å². The average molecular weight is 352 g/mol. The van der Waals surface area contributed by atoms with Crippen molar-refractivity contribution in [2.75, 3.05) is 13.2 Å². The number of carbonyl (C=O) groups is 2. The Labute approximate surface area is 150 Å². The van der Waals surface area contributed by atoms with Crippen LogP contribution in [0.1, 0.15) is 18.8 Å². The summed E-state index contributed by atoms with van der Waals surface area (Å²) < 4.78 is 5.33. The van der Waals surface area contributed by atoms with Gasteiger partial charge in [0.1, 0.15) is 11.6 Å². The lowest BCUT2D eigenvalue weighted by Gasteiger charge is -2.12. The minimum Gasteiger partial charge on any atom is -0.484 e. The van der Waals surface area contributed by atoms with Crippen molar-refractivity contribution in [3.63, 3.8) is 0 Å². The third-order valence-corrected chi connectivity index (χ3v) is 3.75. The standard InChI is InChI=1S/C19H20N4O3/c1-13(19-22-15-9-5-6-10-16(15)23-19)21-17(24)11-20-18(25)12-26-14-7-3-2-4-8-14/h2-10,13H,11-12H2,1H3,(H,20,25)(H,21,24)(H,22,23)/t13-/m1/s1. The van der Waals surface area contributed by atoms with E-state index in [0.29, 0.717) is 11.6 Å². The number of imidazole rings is 1. The highest BCUT2D eigenvalue weighted by molar-refractivity contribution is 5.85. The number of amides is 2. The van der Waals surface area contributed by atoms with Crippen LogP contribution in [0.25, 0.3) is 11.0 Å². The Bertz CT molecular complexity index is 859. The first kappa shape index (κ1) is 17.5. The van der Waals surface area contributed by atoms with Gasteiger partial charge in [0.2, 0.25) is 5.91 Å². The van der Waals surface area contributed by atoms with E-state index in [1.807, 2.05) is 49.4 Å². The van der Waals surface area contributed by atoms with E-state index in [1.54, 1.807) is 12.1 Å². The maximum atomic E-state index is 12.0. The van der Waals surface area contributed by atoms with E-state index in [4.69, 9.17) is 4.74 Å². The predicted octanol–water partition coefficient (Wildman–Crippen LogP) is 1.94. The summed E-state index contributed by atoms with van der Waals surface area (Å²) >= 11 is 0. The monoisotopic (exact) mass is 352 g/mol. The van der Waals surface area contributed by atoms with Crippen molar-refractivity contribution >= 4 is 22.8 Å². The first-order chi connectivity index (χ1) is 12.6. The van der Waals surface area contributed by atoms with Crippen molar-refractivity contribution in [1.82, 2.24) is 20.6 Å². The second-order valence-corrected chi connectivity index (χ2v) is 5.81. The van der Waals surface area contributed by atoms with Crippen molar-refractivity contribution in [3.05, 3.63) is 60.4 Å². The molecule has 2 aromatic carbocycles. The number of hydrogen-bond donors (Lipinski definition) is 3. The van der Waals surface area contributed by atoms with E-state index < -0.39 is 0 Å². The zero-order valence-electron chi connectivity index (χ0n) is 14.4. The summed E-state index contributed by atoms with van der Waals surface area (Å²) in [7, 11) is 0. The maximum absolute atomic E-state index is 12.0. The van der Waals surface area contributed by atoms with Gasteiger partial charge in [0.25, 0.3) is 5.91 Å². The highest BCUT2D eigenvalue weighted by atomic mass is 16.5. The zero-order chi connectivity index (χ0) is 18.4. The molecule has 0 radical (unpaired) electrons. The number of carbonyl (C=O) groups excluding carboxylic acids is 2. The fourth-order valence-corrected chi connectivity index (χ4v) is 2.43. The van der Waals surface area contributed by atoms with Crippen molar-refractivity contribution in [1.29, 1.82) is 0 Å². The molecule has 1 atom stereocenters. The molecule has 0 aliphatic carbocycles. The molecule has 0 spiro atoms. The van der Waals surface area contributed by atoms with E-state index in [2.05, 4.69) is 20.6 Å². The minimum atomic E-state index is -0.361. The number of para-hydroxylation sites is 3. The molecule has 26 heavy (non-hydrogen) atoms. The molecule has 1 aromatic heterocycles. The molecule has 7 heteroatoms. The number of H-pyrrole nitrogens is 1. The van der Waals surface area contributed by atoms with Gasteiger partial charge in [0.05, 0.1) is 23.6 Å². The van der Waals surface area contributed by atoms with Crippen LogP contribution in [0.4, 0.5) is 0 Å². The summed E-state index contributed by atoms with van der Waals surface area (Å²) in [5.74, 6) is 0.607. The predicted molar refractivity (Wildman–Crippen MR) is 97.6 cm³/mol. The summed E-state index contributed by atoms with van der Waals surface area (Å²) in [5.41, 5.74) is 1.75. The highest BCUT2D eigenvalue weighted by Crippen LogP contribution is 2.15. The van der Waals surface area contributed by atoms with E-state index >= 15 is 0 Å². The third-order valence-electron chi connectivity index (χ3n) is 3.75. The van der Waals surface area contributed by atoms with E-state index in [0.717, 1.165) is 11.0 Å². The van der Waals surface area contributed by atoms with Crippen LogP contribution in [0.5, 0.6) is 5.75 Å². The van der Waals surface area contributed by atoms with Gasteiger partial charge in [-0.25, -0.2) is 4.98 Å². The largest absolute Gasteiger partial charge is 0.484 e. The van der Waals surface area contributed by atoms with Crippen molar-refractivity contribution < 1.29 is 14.3 Å². The Kier molecular flexibility index (Phi) is 5.48. The van der Waals surface area contributed by atoms with Gasteiger partial charge in [0.15, 0.2) is 6.61 Å². The number of aromatic amines is 1. The molecule has 0 fully saturated rings. The second-order valence-electron chi connectivity index (χ2n) is 5.81. The van der Waals surface area contributed by atoms with E-state index in [-0.39, 0.29) is 31.0 Å². The molecule has 3 rings (SSSR count). The quantitative estimate of drug-likeness (QED) is 0.605. The highest BCUT2D eigenvalue weighted by Gasteiger charge is 2.14. The molecule has 0 bridgehead atoms. The second kappa shape index (κ2) is 8.15. The SMILES string of the molecule is C[C@@H](NC(=O)CNC(=O)COc1ccccc1)c1nc2ccccc2[nH]1. The Hall–Kier alpha value is -3.35. The Morgan fingerprint density at radius 2 is 1.81 bits per heavy atom. The molecule has 1 heterocycles. The number of aromatic nitrogens is 2. The molecule has 0 saturated carbocycles. The lowest BCUT2D eigenvalue weighted by atomic mass is 10.3. The van der Waals surface area contributed by atoms with Crippen LogP contribution < -0.4 is 15.4 Å². The number of fused-ring (bicyclic) bond motifs is 1. The molecule has 0 unspecified atom stereocenters. The summed E-state index contributed by atoms with van der Waals surface area (Å²) in [6.45, 7) is 1.56. The fraction of sp³-hybridized carbons (Fsp3) is 0.211. The number of ether oxygens (including phenoxy) is 1. The lowest BCUT2D eigenvalue weighted by molar-refractivity contribution is -0.127. The van der Waals surface area contributed by atoms with Gasteiger partial charge in [-0.3, -0.25) is 9.59 Å². The molecule has 0 saturated heterocycles. The molecule has 3 aromatic rings. The Morgan fingerprint density at radius 3 is 2.58 bits per heavy atom. The summed E-state index contributed by atoms with van der Waals surface area (Å²) in [4.78, 5) is 31.4. The molecule has 134 valence electrons. The lowest BCUT2D eigenvalue weighted by Crippen LogP contribution is -2.39. The van der Waals surface area contributed by atoms with Crippen molar-refractivity contribution in [3.8, 4) is 5.75 Å². The van der Waals surface area contributed by atoms with E-state index in [1.165, 1.54) is 0 Å². The average Bonchev–Trinajstić information content (AvgIpc) is 3.10. The van der Waals surface area contributed by atoms with Crippen LogP contribution in [0, 0.1) is 0 Å². The molecule has 3 N–H and O–H groups in total. The maximum Gasteiger partial charge on any atom is 0.258 e. The van der Waals surface area contributed by atoms with Gasteiger partial charge < -0.3 is 20.4 Å². The topological polar surface area (TPSA) is 96.1 Å². The Morgan fingerprint density at radius 1 is 1.08 bits per heavy atom. The number of nitrogens with zero attached hydrogens (tertiary/aromatic N) is 1. The number of nitrogens with one attached hydrogen (secondary N) is 3. The molecule has 0 aliphatic heterocycles. The van der Waals surface area contributed by atoms with Crippen molar-refractivity contribution in [2.24, 2.45) is 0 Å². The van der Waals surface area contributed by atoms with Gasteiger partial charge in [-0.1, -0.05) is 30.3 Å². The van der Waals surface area contributed by atoms with Gasteiger partial charge in [0, 0.05) is 0 Å². The summed E-state index contributed by atoms with van der Waals surface area (Å²) in [6.07, 6.45) is 0. The van der Waals surface area contributed by atoms with Gasteiger partial charge in [-0.2, -0.15) is 0 Å². The molecular formula is C19H20N4O3. The van der Waals surface area contributed by atoms with Gasteiger partial charge >= 0.3 is 0 Å². The third kappa shape index (κ3) is 4.60. The number of rotatable bonds is 7. The zero-order valence-corrected chi connectivity index (χ0v) is 14.4. The van der Waals surface area contributed by atoms with Gasteiger partial charge in [-0.05, 0) is 31.2 Å². The summed E-state index contributed by atoms with van der Waals surface area (Å²) in [5, 5.41) is 5.33. The van der Waals surface area contributed by atoms with Crippen LogP contribution in [0.15, 0.2) is 54.6 Å².